The van der Waals surface area contributed by atoms with Crippen LogP contribution in [0.4, 0.5) is 0 Å². The van der Waals surface area contributed by atoms with E-state index in [0.717, 1.165) is 58.1 Å². The van der Waals surface area contributed by atoms with E-state index in [1.54, 1.807) is 7.11 Å². The summed E-state index contributed by atoms with van der Waals surface area (Å²) in [7, 11) is 3.59. The SMILES string of the molecule is CN=C(NCc1ccc(C(C)(C)C)cc1)N1CCC(OCCCOC)CC1. The molecule has 2 rings (SSSR count). The number of benzene rings is 1. The number of likely N-dealkylation sites (tertiary alicyclic amines) is 1. The number of nitrogens with one attached hydrogen (secondary N) is 1. The van der Waals surface area contributed by atoms with E-state index < -0.39 is 0 Å². The lowest BCUT2D eigenvalue weighted by atomic mass is 9.87. The van der Waals surface area contributed by atoms with E-state index in [4.69, 9.17) is 9.47 Å². The fraction of sp³-hybridized carbons (Fsp3) is 0.682. The van der Waals surface area contributed by atoms with Gasteiger partial charge in [0.2, 0.25) is 0 Å². The summed E-state index contributed by atoms with van der Waals surface area (Å²) in [5, 5.41) is 3.51. The van der Waals surface area contributed by atoms with Crippen molar-refractivity contribution in [3.05, 3.63) is 35.4 Å². The molecule has 1 fully saturated rings. The largest absolute Gasteiger partial charge is 0.385 e. The molecule has 1 aromatic carbocycles. The van der Waals surface area contributed by atoms with E-state index in [-0.39, 0.29) is 5.41 Å². The lowest BCUT2D eigenvalue weighted by molar-refractivity contribution is 0.00989. The van der Waals surface area contributed by atoms with Gasteiger partial charge in [0, 0.05) is 47.0 Å². The summed E-state index contributed by atoms with van der Waals surface area (Å²) < 4.78 is 11.0. The first-order chi connectivity index (χ1) is 12.9. The predicted octanol–water partition coefficient (Wildman–Crippen LogP) is 3.58. The Balaban J connectivity index is 1.76. The summed E-state index contributed by atoms with van der Waals surface area (Å²) in [5.41, 5.74) is 2.83. The van der Waals surface area contributed by atoms with Crippen molar-refractivity contribution in [3.8, 4) is 0 Å². The molecular weight excluding hydrogens is 338 g/mol. The van der Waals surface area contributed by atoms with Crippen LogP contribution in [0.2, 0.25) is 0 Å². The highest BCUT2D eigenvalue weighted by atomic mass is 16.5. The summed E-state index contributed by atoms with van der Waals surface area (Å²) in [4.78, 5) is 6.80. The number of methoxy groups -OCH3 is 1. The minimum absolute atomic E-state index is 0.192. The molecule has 0 aromatic heterocycles. The number of piperidine rings is 1. The zero-order valence-corrected chi connectivity index (χ0v) is 17.8. The first-order valence-corrected chi connectivity index (χ1v) is 10.1. The predicted molar refractivity (Wildman–Crippen MR) is 112 cm³/mol. The summed E-state index contributed by atoms with van der Waals surface area (Å²) in [5.74, 6) is 0.979. The van der Waals surface area contributed by atoms with Crippen molar-refractivity contribution in [1.82, 2.24) is 10.2 Å². The number of nitrogens with zero attached hydrogens (tertiary/aromatic N) is 2. The van der Waals surface area contributed by atoms with Gasteiger partial charge in [-0.2, -0.15) is 0 Å². The van der Waals surface area contributed by atoms with Crippen LogP contribution in [0.1, 0.15) is 51.2 Å². The third-order valence-electron chi connectivity index (χ3n) is 5.07. The van der Waals surface area contributed by atoms with Gasteiger partial charge < -0.3 is 19.7 Å². The van der Waals surface area contributed by atoms with Crippen molar-refractivity contribution in [2.75, 3.05) is 40.5 Å². The van der Waals surface area contributed by atoms with Gasteiger partial charge in [0.15, 0.2) is 5.96 Å². The Kier molecular flexibility index (Phi) is 8.58. The molecule has 1 heterocycles. The monoisotopic (exact) mass is 375 g/mol. The molecule has 1 aromatic rings. The van der Waals surface area contributed by atoms with E-state index in [0.29, 0.717) is 6.10 Å². The molecule has 0 amide bonds. The van der Waals surface area contributed by atoms with E-state index in [2.05, 4.69) is 60.2 Å². The number of ether oxygens (including phenoxy) is 2. The average molecular weight is 376 g/mol. The molecule has 0 saturated carbocycles. The second-order valence-corrected chi connectivity index (χ2v) is 8.25. The minimum Gasteiger partial charge on any atom is -0.385 e. The molecule has 0 aliphatic carbocycles. The van der Waals surface area contributed by atoms with Gasteiger partial charge >= 0.3 is 0 Å². The van der Waals surface area contributed by atoms with Crippen LogP contribution in [0, 0.1) is 0 Å². The molecule has 0 unspecified atom stereocenters. The second-order valence-electron chi connectivity index (χ2n) is 8.25. The molecule has 1 aliphatic rings. The second kappa shape index (κ2) is 10.7. The smallest absolute Gasteiger partial charge is 0.193 e. The Labute approximate surface area is 165 Å². The van der Waals surface area contributed by atoms with Crippen molar-refractivity contribution >= 4 is 5.96 Å². The third-order valence-corrected chi connectivity index (χ3v) is 5.07. The average Bonchev–Trinajstić information content (AvgIpc) is 2.66. The zero-order chi connectivity index (χ0) is 19.7. The quantitative estimate of drug-likeness (QED) is 0.450. The third kappa shape index (κ3) is 7.15. The first-order valence-electron chi connectivity index (χ1n) is 10.1. The maximum absolute atomic E-state index is 5.95. The number of hydrogen-bond acceptors (Lipinski definition) is 3. The number of aliphatic imine (C=N–C) groups is 1. The van der Waals surface area contributed by atoms with Gasteiger partial charge in [-0.3, -0.25) is 4.99 Å². The standard InChI is InChI=1S/C22H37N3O2/c1-22(2,3)19-9-7-18(8-10-19)17-24-21(23-4)25-13-11-20(12-14-25)27-16-6-15-26-5/h7-10,20H,6,11-17H2,1-5H3,(H,23,24). The van der Waals surface area contributed by atoms with Crippen LogP contribution in [0.5, 0.6) is 0 Å². The zero-order valence-electron chi connectivity index (χ0n) is 17.8. The van der Waals surface area contributed by atoms with Crippen molar-refractivity contribution in [1.29, 1.82) is 0 Å². The number of rotatable bonds is 7. The van der Waals surface area contributed by atoms with Crippen LogP contribution in [-0.2, 0) is 21.4 Å². The first kappa shape index (κ1) is 21.7. The van der Waals surface area contributed by atoms with Crippen LogP contribution in [0.15, 0.2) is 29.3 Å². The molecule has 152 valence electrons. The Hall–Kier alpha value is -1.59. The normalized spacial score (nSPS) is 16.6. The van der Waals surface area contributed by atoms with Gasteiger partial charge in [-0.05, 0) is 35.8 Å². The summed E-state index contributed by atoms with van der Waals surface area (Å²) in [6.45, 7) is 11.1. The topological polar surface area (TPSA) is 46.1 Å². The Morgan fingerprint density at radius 2 is 1.81 bits per heavy atom. The van der Waals surface area contributed by atoms with E-state index in [9.17, 15) is 0 Å². The van der Waals surface area contributed by atoms with Crippen LogP contribution in [0.25, 0.3) is 0 Å². The molecule has 5 heteroatoms. The van der Waals surface area contributed by atoms with Crippen LogP contribution in [-0.4, -0.2) is 57.4 Å². The number of hydrogen-bond donors (Lipinski definition) is 1. The molecule has 0 atom stereocenters. The number of guanidine groups is 1. The molecule has 0 spiro atoms. The van der Waals surface area contributed by atoms with Gasteiger partial charge in [0.05, 0.1) is 6.10 Å². The Bertz CT molecular complexity index is 570. The molecule has 1 aliphatic heterocycles. The van der Waals surface area contributed by atoms with Gasteiger partial charge in [0.25, 0.3) is 0 Å². The molecule has 1 N–H and O–H groups in total. The summed E-state index contributed by atoms with van der Waals surface area (Å²) >= 11 is 0. The molecule has 27 heavy (non-hydrogen) atoms. The highest BCUT2D eigenvalue weighted by Gasteiger charge is 2.21. The minimum atomic E-state index is 0.192. The fourth-order valence-electron chi connectivity index (χ4n) is 3.32. The van der Waals surface area contributed by atoms with Crippen molar-refractivity contribution in [3.63, 3.8) is 0 Å². The van der Waals surface area contributed by atoms with E-state index in [1.807, 2.05) is 7.05 Å². The maximum atomic E-state index is 5.95. The van der Waals surface area contributed by atoms with Gasteiger partial charge in [0.1, 0.15) is 0 Å². The molecular formula is C22H37N3O2. The lowest BCUT2D eigenvalue weighted by Gasteiger charge is -2.34. The fourth-order valence-corrected chi connectivity index (χ4v) is 3.32. The van der Waals surface area contributed by atoms with E-state index >= 15 is 0 Å². The molecule has 0 bridgehead atoms. The Morgan fingerprint density at radius 3 is 2.37 bits per heavy atom. The molecule has 5 nitrogen and oxygen atoms in total. The molecule has 0 radical (unpaired) electrons. The van der Waals surface area contributed by atoms with Crippen LogP contribution in [0.3, 0.4) is 0 Å². The van der Waals surface area contributed by atoms with Gasteiger partial charge in [-0.25, -0.2) is 0 Å². The highest BCUT2D eigenvalue weighted by molar-refractivity contribution is 5.79. The summed E-state index contributed by atoms with van der Waals surface area (Å²) in [6.07, 6.45) is 3.43. The highest BCUT2D eigenvalue weighted by Crippen LogP contribution is 2.22. The maximum Gasteiger partial charge on any atom is 0.193 e. The van der Waals surface area contributed by atoms with Crippen molar-refractivity contribution in [2.24, 2.45) is 4.99 Å². The van der Waals surface area contributed by atoms with Crippen molar-refractivity contribution in [2.45, 2.75) is 58.1 Å². The lowest BCUT2D eigenvalue weighted by Crippen LogP contribution is -2.46. The van der Waals surface area contributed by atoms with Gasteiger partial charge in [-0.1, -0.05) is 45.0 Å². The van der Waals surface area contributed by atoms with E-state index in [1.165, 1.54) is 11.1 Å². The van der Waals surface area contributed by atoms with Gasteiger partial charge in [-0.15, -0.1) is 0 Å². The van der Waals surface area contributed by atoms with Crippen molar-refractivity contribution < 1.29 is 9.47 Å². The van der Waals surface area contributed by atoms with Crippen LogP contribution < -0.4 is 5.32 Å². The Morgan fingerprint density at radius 1 is 1.15 bits per heavy atom. The molecule has 1 saturated heterocycles. The summed E-state index contributed by atoms with van der Waals surface area (Å²) in [6, 6.07) is 8.88. The van der Waals surface area contributed by atoms with Crippen LogP contribution >= 0.6 is 0 Å².